The normalized spacial score (nSPS) is 16.6. The third-order valence-electron chi connectivity index (χ3n) is 2.73. The van der Waals surface area contributed by atoms with Crippen molar-refractivity contribution >= 4 is 29.2 Å². The van der Waals surface area contributed by atoms with Crippen molar-refractivity contribution in [2.75, 3.05) is 29.5 Å². The second kappa shape index (κ2) is 5.23. The summed E-state index contributed by atoms with van der Waals surface area (Å²) in [7, 11) is 0. The number of halogens is 1. The third kappa shape index (κ3) is 2.43. The smallest absolute Gasteiger partial charge is 0.137 e. The van der Waals surface area contributed by atoms with Crippen LogP contribution in [0.3, 0.4) is 0 Å². The molecular weight excluding hydrogens is 242 g/mol. The summed E-state index contributed by atoms with van der Waals surface area (Å²) >= 11 is 8.13. The molecule has 0 unspecified atom stereocenters. The van der Waals surface area contributed by atoms with Crippen molar-refractivity contribution in [3.05, 3.63) is 16.5 Å². The van der Waals surface area contributed by atoms with Crippen LogP contribution in [0.5, 0.6) is 0 Å². The summed E-state index contributed by atoms with van der Waals surface area (Å²) in [6, 6.07) is 0. The van der Waals surface area contributed by atoms with E-state index in [1.54, 1.807) is 0 Å². The highest BCUT2D eigenvalue weighted by Gasteiger charge is 2.17. The van der Waals surface area contributed by atoms with Gasteiger partial charge in [-0.3, -0.25) is 0 Å². The van der Waals surface area contributed by atoms with Crippen LogP contribution in [0.25, 0.3) is 0 Å². The van der Waals surface area contributed by atoms with Crippen molar-refractivity contribution in [2.45, 2.75) is 20.3 Å². The van der Waals surface area contributed by atoms with Gasteiger partial charge in [-0.2, -0.15) is 11.8 Å². The van der Waals surface area contributed by atoms with Gasteiger partial charge in [0, 0.05) is 36.6 Å². The molecule has 0 bridgehead atoms. The van der Waals surface area contributed by atoms with E-state index in [1.165, 1.54) is 11.5 Å². The molecule has 0 aromatic carbocycles. The Kier molecular flexibility index (Phi) is 3.92. The minimum Gasteiger partial charge on any atom is -0.355 e. The quantitative estimate of drug-likeness (QED) is 0.762. The number of hydrogen-bond donors (Lipinski definition) is 0. The van der Waals surface area contributed by atoms with Crippen LogP contribution in [-0.2, 0) is 6.42 Å². The van der Waals surface area contributed by atoms with Gasteiger partial charge in [0.15, 0.2) is 0 Å². The number of anilines is 1. The van der Waals surface area contributed by atoms with Gasteiger partial charge in [-0.25, -0.2) is 9.97 Å². The molecule has 88 valence electrons. The Morgan fingerprint density at radius 1 is 1.31 bits per heavy atom. The van der Waals surface area contributed by atoms with Crippen LogP contribution in [0.15, 0.2) is 0 Å². The average molecular weight is 258 g/mol. The fourth-order valence-electron chi connectivity index (χ4n) is 1.76. The van der Waals surface area contributed by atoms with E-state index >= 15 is 0 Å². The molecule has 1 aromatic heterocycles. The second-order valence-electron chi connectivity index (χ2n) is 3.83. The van der Waals surface area contributed by atoms with Gasteiger partial charge in [0.1, 0.15) is 16.8 Å². The monoisotopic (exact) mass is 257 g/mol. The van der Waals surface area contributed by atoms with Gasteiger partial charge in [-0.1, -0.05) is 18.5 Å². The number of rotatable bonds is 2. The van der Waals surface area contributed by atoms with Gasteiger partial charge >= 0.3 is 0 Å². The van der Waals surface area contributed by atoms with E-state index in [0.717, 1.165) is 36.7 Å². The highest BCUT2D eigenvalue weighted by molar-refractivity contribution is 7.99. The fourth-order valence-corrected chi connectivity index (χ4v) is 2.85. The van der Waals surface area contributed by atoms with Crippen LogP contribution in [-0.4, -0.2) is 34.6 Å². The lowest BCUT2D eigenvalue weighted by Gasteiger charge is -2.29. The van der Waals surface area contributed by atoms with Crippen molar-refractivity contribution in [3.63, 3.8) is 0 Å². The molecule has 0 aliphatic carbocycles. The average Bonchev–Trinajstić information content (AvgIpc) is 2.33. The maximum absolute atomic E-state index is 6.13. The van der Waals surface area contributed by atoms with E-state index < -0.39 is 0 Å². The topological polar surface area (TPSA) is 29.0 Å². The molecule has 1 aliphatic rings. The first-order valence-electron chi connectivity index (χ1n) is 5.58. The number of aryl methyl sites for hydroxylation is 1. The molecule has 0 saturated carbocycles. The Labute approximate surface area is 106 Å². The van der Waals surface area contributed by atoms with Crippen LogP contribution < -0.4 is 4.90 Å². The molecule has 1 fully saturated rings. The summed E-state index contributed by atoms with van der Waals surface area (Å²) in [6.45, 7) is 6.17. The first-order valence-corrected chi connectivity index (χ1v) is 7.11. The lowest BCUT2D eigenvalue weighted by Crippen LogP contribution is -2.34. The molecule has 1 saturated heterocycles. The van der Waals surface area contributed by atoms with Gasteiger partial charge in [-0.15, -0.1) is 0 Å². The molecular formula is C11H16ClN3S. The van der Waals surface area contributed by atoms with Gasteiger partial charge < -0.3 is 4.90 Å². The molecule has 2 heterocycles. The van der Waals surface area contributed by atoms with Crippen molar-refractivity contribution in [1.29, 1.82) is 0 Å². The van der Waals surface area contributed by atoms with Crippen molar-refractivity contribution in [1.82, 2.24) is 9.97 Å². The van der Waals surface area contributed by atoms with E-state index in [-0.39, 0.29) is 0 Å². The number of thioether (sulfide) groups is 1. The summed E-state index contributed by atoms with van der Waals surface area (Å²) in [6.07, 6.45) is 0.829. The Bertz CT molecular complexity index is 378. The van der Waals surface area contributed by atoms with Crippen molar-refractivity contribution in [2.24, 2.45) is 0 Å². The third-order valence-corrected chi connectivity index (χ3v) is 4.04. The number of hydrogen-bond acceptors (Lipinski definition) is 4. The Balaban J connectivity index is 2.33. The highest BCUT2D eigenvalue weighted by atomic mass is 35.5. The molecule has 0 radical (unpaired) electrons. The van der Waals surface area contributed by atoms with Crippen LogP contribution >= 0.6 is 23.4 Å². The molecule has 0 N–H and O–H groups in total. The summed E-state index contributed by atoms with van der Waals surface area (Å²) in [5.74, 6) is 4.20. The number of aromatic nitrogens is 2. The fraction of sp³-hybridized carbons (Fsp3) is 0.636. The summed E-state index contributed by atoms with van der Waals surface area (Å²) < 4.78 is 0. The summed E-state index contributed by atoms with van der Waals surface area (Å²) in [4.78, 5) is 11.2. The SMILES string of the molecule is CCc1nc(Cl)c(C)c(N2CCSCC2)n1. The Hall–Kier alpha value is -0.480. The predicted molar refractivity (Wildman–Crippen MR) is 70.7 cm³/mol. The standard InChI is InChI=1S/C11H16ClN3S/c1-3-9-13-10(12)8(2)11(14-9)15-4-6-16-7-5-15/h3-7H2,1-2H3. The summed E-state index contributed by atoms with van der Waals surface area (Å²) in [5, 5.41) is 0.597. The van der Waals surface area contributed by atoms with E-state index in [0.29, 0.717) is 5.15 Å². The molecule has 5 heteroatoms. The van der Waals surface area contributed by atoms with Crippen LogP contribution in [0.4, 0.5) is 5.82 Å². The van der Waals surface area contributed by atoms with E-state index in [9.17, 15) is 0 Å². The molecule has 0 atom stereocenters. The zero-order valence-electron chi connectivity index (χ0n) is 9.66. The summed E-state index contributed by atoms with van der Waals surface area (Å²) in [5.41, 5.74) is 1.01. The zero-order chi connectivity index (χ0) is 11.5. The lowest BCUT2D eigenvalue weighted by molar-refractivity contribution is 0.810. The van der Waals surface area contributed by atoms with Gasteiger partial charge in [0.2, 0.25) is 0 Å². The van der Waals surface area contributed by atoms with E-state index in [4.69, 9.17) is 11.6 Å². The molecule has 3 nitrogen and oxygen atoms in total. The van der Waals surface area contributed by atoms with Gasteiger partial charge in [0.25, 0.3) is 0 Å². The molecule has 0 spiro atoms. The largest absolute Gasteiger partial charge is 0.355 e. The first-order chi connectivity index (χ1) is 7.72. The highest BCUT2D eigenvalue weighted by Crippen LogP contribution is 2.25. The van der Waals surface area contributed by atoms with Crippen LogP contribution in [0, 0.1) is 6.92 Å². The molecule has 1 aromatic rings. The minimum absolute atomic E-state index is 0.597. The van der Waals surface area contributed by atoms with E-state index in [1.807, 2.05) is 18.7 Å². The molecule has 2 rings (SSSR count). The maximum Gasteiger partial charge on any atom is 0.137 e. The minimum atomic E-state index is 0.597. The van der Waals surface area contributed by atoms with E-state index in [2.05, 4.69) is 21.8 Å². The predicted octanol–water partition coefficient (Wildman–Crippen LogP) is 2.55. The lowest BCUT2D eigenvalue weighted by atomic mass is 10.3. The van der Waals surface area contributed by atoms with Crippen LogP contribution in [0.1, 0.15) is 18.3 Å². The Morgan fingerprint density at radius 3 is 2.62 bits per heavy atom. The zero-order valence-corrected chi connectivity index (χ0v) is 11.2. The first kappa shape index (κ1) is 12.0. The van der Waals surface area contributed by atoms with Crippen LogP contribution in [0.2, 0.25) is 5.15 Å². The Morgan fingerprint density at radius 2 is 2.00 bits per heavy atom. The second-order valence-corrected chi connectivity index (χ2v) is 5.41. The maximum atomic E-state index is 6.13. The molecule has 1 aliphatic heterocycles. The van der Waals surface area contributed by atoms with Crippen molar-refractivity contribution < 1.29 is 0 Å². The van der Waals surface area contributed by atoms with Gasteiger partial charge in [0.05, 0.1) is 0 Å². The van der Waals surface area contributed by atoms with Gasteiger partial charge in [-0.05, 0) is 6.92 Å². The van der Waals surface area contributed by atoms with Crippen molar-refractivity contribution in [3.8, 4) is 0 Å². The molecule has 0 amide bonds. The molecule has 16 heavy (non-hydrogen) atoms. The number of nitrogens with zero attached hydrogens (tertiary/aromatic N) is 3.